The summed E-state index contributed by atoms with van der Waals surface area (Å²) in [7, 11) is 1.79. The number of para-hydroxylation sites is 1. The highest BCUT2D eigenvalue weighted by molar-refractivity contribution is 6.17. The van der Waals surface area contributed by atoms with Crippen molar-refractivity contribution in [3.8, 4) is 11.3 Å². The van der Waals surface area contributed by atoms with Gasteiger partial charge in [0.1, 0.15) is 29.4 Å². The first kappa shape index (κ1) is 13.0. The fraction of sp³-hybridized carbons (Fsp3) is 0.179. The Morgan fingerprint density at radius 1 is 0.742 bits per heavy atom. The summed E-state index contributed by atoms with van der Waals surface area (Å²) in [5.41, 5.74) is 5.70. The Hall–Kier alpha value is -3.59. The second-order valence-corrected chi connectivity index (χ2v) is 8.23. The molecule has 3 aromatic carbocycles. The third-order valence-corrected chi connectivity index (χ3v) is 6.18. The van der Waals surface area contributed by atoms with Crippen LogP contribution in [0.15, 0.2) is 63.6 Å². The van der Waals surface area contributed by atoms with Gasteiger partial charge in [-0.25, -0.2) is 4.57 Å². The molecule has 3 nitrogen and oxygen atoms in total. The topological polar surface area (TPSA) is 30.2 Å². The lowest BCUT2D eigenvalue weighted by Crippen LogP contribution is -2.31. The summed E-state index contributed by atoms with van der Waals surface area (Å²) >= 11 is 0. The van der Waals surface area contributed by atoms with Crippen LogP contribution in [0.1, 0.15) is 30.5 Å². The van der Waals surface area contributed by atoms with Crippen molar-refractivity contribution >= 4 is 43.9 Å². The van der Waals surface area contributed by atoms with Gasteiger partial charge in [-0.15, -0.1) is 0 Å². The molecule has 0 saturated heterocycles. The van der Waals surface area contributed by atoms with E-state index in [-0.39, 0.29) is 11.1 Å². The summed E-state index contributed by atoms with van der Waals surface area (Å²) in [6, 6.07) is 15.0. The number of fused-ring (bicyclic) bond motifs is 6. The minimum Gasteiger partial charge on any atom is -0.456 e. The molecule has 6 aromatic rings. The van der Waals surface area contributed by atoms with Crippen LogP contribution in [0, 0.1) is 27.6 Å². The highest BCUT2D eigenvalue weighted by Gasteiger charge is 2.23. The van der Waals surface area contributed by atoms with Crippen molar-refractivity contribution in [1.82, 2.24) is 0 Å². The van der Waals surface area contributed by atoms with E-state index in [4.69, 9.17) is 17.1 Å². The number of benzene rings is 3. The summed E-state index contributed by atoms with van der Waals surface area (Å²) in [6.07, 6.45) is 1.61. The molecule has 3 aromatic heterocycles. The fourth-order valence-corrected chi connectivity index (χ4v) is 4.61. The largest absolute Gasteiger partial charge is 0.456 e. The van der Waals surface area contributed by atoms with Gasteiger partial charge in [0.05, 0.1) is 5.56 Å². The molecule has 0 bridgehead atoms. The molecular weight excluding hydrogens is 382 g/mol. The van der Waals surface area contributed by atoms with E-state index in [1.54, 1.807) is 30.8 Å². The Morgan fingerprint density at radius 3 is 2.35 bits per heavy atom. The second-order valence-electron chi connectivity index (χ2n) is 8.23. The van der Waals surface area contributed by atoms with Crippen molar-refractivity contribution < 1.29 is 21.6 Å². The molecule has 0 unspecified atom stereocenters. The van der Waals surface area contributed by atoms with E-state index >= 15 is 0 Å². The van der Waals surface area contributed by atoms with E-state index < -0.39 is 13.7 Å². The number of aromatic nitrogens is 1. The van der Waals surface area contributed by atoms with E-state index in [0.29, 0.717) is 33.1 Å². The molecule has 31 heavy (non-hydrogen) atoms. The van der Waals surface area contributed by atoms with E-state index in [2.05, 4.69) is 0 Å². The van der Waals surface area contributed by atoms with Crippen molar-refractivity contribution in [1.29, 1.82) is 0 Å². The van der Waals surface area contributed by atoms with Crippen molar-refractivity contribution in [3.63, 3.8) is 0 Å². The van der Waals surface area contributed by atoms with Crippen LogP contribution in [0.2, 0.25) is 0 Å². The van der Waals surface area contributed by atoms with Crippen molar-refractivity contribution in [3.05, 3.63) is 77.0 Å². The summed E-state index contributed by atoms with van der Waals surface area (Å²) in [4.78, 5) is 0. The Bertz CT molecular complexity index is 1890. The van der Waals surface area contributed by atoms with Gasteiger partial charge in [-0.1, -0.05) is 24.3 Å². The minimum atomic E-state index is -2.37. The number of nitrogens with zero attached hydrogens (tertiary/aromatic N) is 1. The maximum atomic E-state index is 8.27. The zero-order valence-electron chi connectivity index (χ0n) is 23.5. The number of hydrogen-bond donors (Lipinski definition) is 0. The monoisotopic (exact) mass is 412 g/mol. The molecule has 0 radical (unpaired) electrons. The van der Waals surface area contributed by atoms with E-state index in [9.17, 15) is 0 Å². The molecule has 0 spiro atoms. The fourth-order valence-electron chi connectivity index (χ4n) is 4.61. The zero-order chi connectivity index (χ0) is 26.4. The predicted octanol–water partition coefficient (Wildman–Crippen LogP) is 7.21. The number of pyridine rings is 1. The Kier molecular flexibility index (Phi) is 2.60. The smallest absolute Gasteiger partial charge is 0.216 e. The first-order valence-corrected chi connectivity index (χ1v) is 10.2. The maximum Gasteiger partial charge on any atom is 0.216 e. The van der Waals surface area contributed by atoms with Crippen LogP contribution in [-0.2, 0) is 7.05 Å². The third-order valence-electron chi connectivity index (χ3n) is 6.18. The molecule has 6 rings (SSSR count). The standard InChI is InChI=1S/C28H24NO2/c1-15-11-22(29(5)14-18(15)4)27-17(3)10-16(2)26-21-13-24-20(12-25(21)31-28(26)27)19-8-6-7-9-23(19)30-24/h6-14H,1-5H3/q+1/i2D3,4D3. The lowest BCUT2D eigenvalue weighted by Gasteiger charge is -2.09. The van der Waals surface area contributed by atoms with Crippen LogP contribution < -0.4 is 4.57 Å². The lowest BCUT2D eigenvalue weighted by molar-refractivity contribution is -0.660. The second kappa shape index (κ2) is 6.21. The summed E-state index contributed by atoms with van der Waals surface area (Å²) < 4.78 is 62.7. The molecule has 0 fully saturated rings. The quantitative estimate of drug-likeness (QED) is 0.267. The van der Waals surface area contributed by atoms with Gasteiger partial charge in [0.2, 0.25) is 5.69 Å². The van der Waals surface area contributed by atoms with Crippen LogP contribution in [0.4, 0.5) is 0 Å². The van der Waals surface area contributed by atoms with Crippen LogP contribution in [0.3, 0.4) is 0 Å². The van der Waals surface area contributed by atoms with Gasteiger partial charge < -0.3 is 8.83 Å². The minimum absolute atomic E-state index is 0.205. The molecule has 3 heterocycles. The van der Waals surface area contributed by atoms with Crippen molar-refractivity contribution in [2.24, 2.45) is 7.05 Å². The first-order chi connectivity index (χ1) is 17.3. The van der Waals surface area contributed by atoms with Crippen LogP contribution in [0.5, 0.6) is 0 Å². The van der Waals surface area contributed by atoms with E-state index in [1.165, 1.54) is 0 Å². The van der Waals surface area contributed by atoms with E-state index in [0.717, 1.165) is 33.2 Å². The maximum absolute atomic E-state index is 8.27. The molecule has 0 aliphatic carbocycles. The van der Waals surface area contributed by atoms with Gasteiger partial charge in [0.15, 0.2) is 6.20 Å². The SMILES string of the molecule is [2H]C([2H])([2H])c1c[n+](C)c(-c2c(C)cc(C([2H])([2H])[2H])c3c2oc2cc4c(cc23)oc2ccccc24)cc1C. The summed E-state index contributed by atoms with van der Waals surface area (Å²) in [5, 5.41) is 3.01. The molecule has 0 saturated carbocycles. The highest BCUT2D eigenvalue weighted by atomic mass is 16.3. The van der Waals surface area contributed by atoms with Gasteiger partial charge >= 0.3 is 0 Å². The molecule has 152 valence electrons. The number of rotatable bonds is 1. The number of aryl methyl sites for hydroxylation is 5. The summed E-state index contributed by atoms with van der Waals surface area (Å²) in [5.74, 6) is 0. The number of furan rings is 2. The predicted molar refractivity (Wildman–Crippen MR) is 127 cm³/mol. The normalized spacial score (nSPS) is 15.7. The molecular formula is C28H24NO2+. The van der Waals surface area contributed by atoms with Gasteiger partial charge in [-0.05, 0) is 62.4 Å². The lowest BCUT2D eigenvalue weighted by atomic mass is 9.95. The van der Waals surface area contributed by atoms with E-state index in [1.807, 2.05) is 49.4 Å². The Balaban J connectivity index is 1.75. The molecule has 0 atom stereocenters. The van der Waals surface area contributed by atoms with Gasteiger partial charge in [0.25, 0.3) is 0 Å². The summed E-state index contributed by atoms with van der Waals surface area (Å²) in [6.45, 7) is -0.994. The zero-order valence-corrected chi connectivity index (χ0v) is 17.5. The van der Waals surface area contributed by atoms with Gasteiger partial charge in [-0.3, -0.25) is 0 Å². The highest BCUT2D eigenvalue weighted by Crippen LogP contribution is 2.42. The molecule has 0 amide bonds. The Labute approximate surface area is 188 Å². The van der Waals surface area contributed by atoms with Crippen molar-refractivity contribution in [2.45, 2.75) is 27.6 Å². The van der Waals surface area contributed by atoms with Gasteiger partial charge in [0, 0.05) is 41.4 Å². The van der Waals surface area contributed by atoms with Crippen LogP contribution >= 0.6 is 0 Å². The molecule has 0 N–H and O–H groups in total. The van der Waals surface area contributed by atoms with Crippen LogP contribution in [-0.4, -0.2) is 0 Å². The number of hydrogen-bond acceptors (Lipinski definition) is 2. The average molecular weight is 413 g/mol. The Morgan fingerprint density at radius 2 is 1.52 bits per heavy atom. The third kappa shape index (κ3) is 2.50. The molecule has 0 aliphatic heterocycles. The average Bonchev–Trinajstić information content (AvgIpc) is 3.34. The first-order valence-electron chi connectivity index (χ1n) is 13.2. The van der Waals surface area contributed by atoms with Gasteiger partial charge in [-0.2, -0.15) is 0 Å². The molecule has 0 aliphatic rings. The molecule has 3 heteroatoms. The van der Waals surface area contributed by atoms with Crippen LogP contribution in [0.25, 0.3) is 55.1 Å². The van der Waals surface area contributed by atoms with Crippen molar-refractivity contribution in [2.75, 3.05) is 0 Å².